The lowest BCUT2D eigenvalue weighted by Gasteiger charge is -2.19. The molecule has 0 saturated carbocycles. The van der Waals surface area contributed by atoms with Gasteiger partial charge < -0.3 is 10.4 Å². The Morgan fingerprint density at radius 3 is 2.67 bits per heavy atom. The SMILES string of the molecule is CCCNC(CCO)c1ccccc1C. The minimum Gasteiger partial charge on any atom is -0.396 e. The molecule has 2 heteroatoms. The summed E-state index contributed by atoms with van der Waals surface area (Å²) in [7, 11) is 0. The number of aliphatic hydroxyl groups excluding tert-OH is 1. The number of rotatable bonds is 6. The van der Waals surface area contributed by atoms with Gasteiger partial charge >= 0.3 is 0 Å². The molecule has 1 atom stereocenters. The Labute approximate surface area is 92.3 Å². The minimum absolute atomic E-state index is 0.232. The first kappa shape index (κ1) is 12.2. The molecule has 0 bridgehead atoms. The summed E-state index contributed by atoms with van der Waals surface area (Å²) in [4.78, 5) is 0. The quantitative estimate of drug-likeness (QED) is 0.751. The summed E-state index contributed by atoms with van der Waals surface area (Å²) in [6.45, 7) is 5.50. The monoisotopic (exact) mass is 207 g/mol. The molecule has 1 unspecified atom stereocenters. The summed E-state index contributed by atoms with van der Waals surface area (Å²) < 4.78 is 0. The van der Waals surface area contributed by atoms with E-state index in [-0.39, 0.29) is 12.6 Å². The van der Waals surface area contributed by atoms with Crippen molar-refractivity contribution in [2.75, 3.05) is 13.2 Å². The predicted octanol–water partition coefficient (Wildman–Crippen LogP) is 2.42. The highest BCUT2D eigenvalue weighted by Gasteiger charge is 2.11. The molecule has 0 aliphatic rings. The minimum atomic E-state index is 0.232. The van der Waals surface area contributed by atoms with E-state index in [1.807, 2.05) is 0 Å². The number of aliphatic hydroxyl groups is 1. The molecule has 0 radical (unpaired) electrons. The molecule has 0 aliphatic carbocycles. The Morgan fingerprint density at radius 1 is 1.33 bits per heavy atom. The highest BCUT2D eigenvalue weighted by Crippen LogP contribution is 2.20. The van der Waals surface area contributed by atoms with E-state index in [2.05, 4.69) is 43.4 Å². The van der Waals surface area contributed by atoms with Crippen molar-refractivity contribution < 1.29 is 5.11 Å². The van der Waals surface area contributed by atoms with E-state index in [1.165, 1.54) is 11.1 Å². The molecule has 84 valence electrons. The van der Waals surface area contributed by atoms with Crippen LogP contribution in [0.4, 0.5) is 0 Å². The number of hydrogen-bond donors (Lipinski definition) is 2. The van der Waals surface area contributed by atoms with E-state index < -0.39 is 0 Å². The maximum absolute atomic E-state index is 9.05. The van der Waals surface area contributed by atoms with Crippen molar-refractivity contribution in [3.63, 3.8) is 0 Å². The fourth-order valence-electron chi connectivity index (χ4n) is 1.79. The van der Waals surface area contributed by atoms with Crippen molar-refractivity contribution in [1.29, 1.82) is 0 Å². The lowest BCUT2D eigenvalue weighted by Crippen LogP contribution is -2.23. The van der Waals surface area contributed by atoms with Gasteiger partial charge in [-0.25, -0.2) is 0 Å². The molecule has 0 aromatic heterocycles. The topological polar surface area (TPSA) is 32.3 Å². The van der Waals surface area contributed by atoms with Crippen LogP contribution in [0, 0.1) is 6.92 Å². The molecule has 1 aromatic carbocycles. The molecular weight excluding hydrogens is 186 g/mol. The van der Waals surface area contributed by atoms with Gasteiger partial charge in [0.2, 0.25) is 0 Å². The second kappa shape index (κ2) is 6.59. The van der Waals surface area contributed by atoms with Gasteiger partial charge in [0.15, 0.2) is 0 Å². The van der Waals surface area contributed by atoms with Crippen LogP contribution in [0.15, 0.2) is 24.3 Å². The van der Waals surface area contributed by atoms with Gasteiger partial charge in [-0.1, -0.05) is 31.2 Å². The molecule has 0 fully saturated rings. The number of benzene rings is 1. The maximum atomic E-state index is 9.05. The van der Waals surface area contributed by atoms with Gasteiger partial charge in [0.1, 0.15) is 0 Å². The van der Waals surface area contributed by atoms with E-state index in [0.717, 1.165) is 19.4 Å². The van der Waals surface area contributed by atoms with Gasteiger partial charge in [0.25, 0.3) is 0 Å². The average molecular weight is 207 g/mol. The zero-order chi connectivity index (χ0) is 11.1. The second-order valence-electron chi connectivity index (χ2n) is 3.88. The van der Waals surface area contributed by atoms with Crippen LogP contribution >= 0.6 is 0 Å². The van der Waals surface area contributed by atoms with Crippen LogP contribution in [0.25, 0.3) is 0 Å². The molecule has 1 rings (SSSR count). The van der Waals surface area contributed by atoms with Gasteiger partial charge in [-0.3, -0.25) is 0 Å². The zero-order valence-corrected chi connectivity index (χ0v) is 9.66. The lowest BCUT2D eigenvalue weighted by atomic mass is 9.99. The summed E-state index contributed by atoms with van der Waals surface area (Å²) in [5, 5.41) is 12.5. The van der Waals surface area contributed by atoms with E-state index in [9.17, 15) is 0 Å². The van der Waals surface area contributed by atoms with Gasteiger partial charge in [-0.15, -0.1) is 0 Å². The Morgan fingerprint density at radius 2 is 2.07 bits per heavy atom. The molecule has 1 aromatic rings. The van der Waals surface area contributed by atoms with Gasteiger partial charge in [-0.2, -0.15) is 0 Å². The molecule has 0 heterocycles. The third kappa shape index (κ3) is 3.65. The van der Waals surface area contributed by atoms with E-state index in [4.69, 9.17) is 5.11 Å². The fraction of sp³-hybridized carbons (Fsp3) is 0.538. The summed E-state index contributed by atoms with van der Waals surface area (Å²) in [6.07, 6.45) is 1.90. The third-order valence-electron chi connectivity index (χ3n) is 2.62. The Balaban J connectivity index is 2.74. The second-order valence-corrected chi connectivity index (χ2v) is 3.88. The van der Waals surface area contributed by atoms with Crippen molar-refractivity contribution in [2.45, 2.75) is 32.7 Å². The summed E-state index contributed by atoms with van der Waals surface area (Å²) in [6, 6.07) is 8.65. The summed E-state index contributed by atoms with van der Waals surface area (Å²) in [5.74, 6) is 0. The number of nitrogens with one attached hydrogen (secondary N) is 1. The largest absolute Gasteiger partial charge is 0.396 e. The molecule has 0 aliphatic heterocycles. The van der Waals surface area contributed by atoms with Crippen LogP contribution in [-0.2, 0) is 0 Å². The molecule has 0 spiro atoms. The summed E-state index contributed by atoms with van der Waals surface area (Å²) >= 11 is 0. The Hall–Kier alpha value is -0.860. The van der Waals surface area contributed by atoms with Crippen molar-refractivity contribution in [3.8, 4) is 0 Å². The van der Waals surface area contributed by atoms with Crippen LogP contribution in [0.3, 0.4) is 0 Å². The number of aryl methyl sites for hydroxylation is 1. The van der Waals surface area contributed by atoms with Gasteiger partial charge in [0.05, 0.1) is 0 Å². The molecular formula is C13H21NO. The van der Waals surface area contributed by atoms with Crippen molar-refractivity contribution in [3.05, 3.63) is 35.4 Å². The van der Waals surface area contributed by atoms with Crippen LogP contribution in [0.2, 0.25) is 0 Å². The van der Waals surface area contributed by atoms with Gasteiger partial charge in [-0.05, 0) is 37.4 Å². The average Bonchev–Trinajstić information content (AvgIpc) is 2.25. The Kier molecular flexibility index (Phi) is 5.37. The first-order valence-corrected chi connectivity index (χ1v) is 5.69. The first-order valence-electron chi connectivity index (χ1n) is 5.69. The molecule has 15 heavy (non-hydrogen) atoms. The zero-order valence-electron chi connectivity index (χ0n) is 9.66. The fourth-order valence-corrected chi connectivity index (χ4v) is 1.79. The molecule has 0 saturated heterocycles. The highest BCUT2D eigenvalue weighted by atomic mass is 16.3. The summed E-state index contributed by atoms with van der Waals surface area (Å²) in [5.41, 5.74) is 2.60. The van der Waals surface area contributed by atoms with Crippen molar-refractivity contribution in [2.24, 2.45) is 0 Å². The van der Waals surface area contributed by atoms with Crippen molar-refractivity contribution in [1.82, 2.24) is 5.32 Å². The van der Waals surface area contributed by atoms with Gasteiger partial charge in [0, 0.05) is 12.6 Å². The smallest absolute Gasteiger partial charge is 0.0449 e. The van der Waals surface area contributed by atoms with E-state index in [0.29, 0.717) is 0 Å². The van der Waals surface area contributed by atoms with Crippen LogP contribution in [0.1, 0.15) is 36.9 Å². The van der Waals surface area contributed by atoms with Crippen LogP contribution in [-0.4, -0.2) is 18.3 Å². The normalized spacial score (nSPS) is 12.7. The standard InChI is InChI=1S/C13H21NO/c1-3-9-14-13(8-10-15)12-7-5-4-6-11(12)2/h4-7,13-15H,3,8-10H2,1-2H3. The van der Waals surface area contributed by atoms with Crippen molar-refractivity contribution >= 4 is 0 Å². The third-order valence-corrected chi connectivity index (χ3v) is 2.62. The Bertz CT molecular complexity index is 286. The first-order chi connectivity index (χ1) is 7.29. The molecule has 0 amide bonds. The molecule has 2 nitrogen and oxygen atoms in total. The van der Waals surface area contributed by atoms with E-state index in [1.54, 1.807) is 0 Å². The van der Waals surface area contributed by atoms with Crippen LogP contribution in [0.5, 0.6) is 0 Å². The molecule has 2 N–H and O–H groups in total. The lowest BCUT2D eigenvalue weighted by molar-refractivity contribution is 0.265. The number of hydrogen-bond acceptors (Lipinski definition) is 2. The highest BCUT2D eigenvalue weighted by molar-refractivity contribution is 5.28. The van der Waals surface area contributed by atoms with E-state index >= 15 is 0 Å². The maximum Gasteiger partial charge on any atom is 0.0449 e. The van der Waals surface area contributed by atoms with Crippen LogP contribution < -0.4 is 5.32 Å². The predicted molar refractivity (Wildman–Crippen MR) is 63.9 cm³/mol.